The first-order valence-electron chi connectivity index (χ1n) is 5.48. The summed E-state index contributed by atoms with van der Waals surface area (Å²) >= 11 is 0. The molecule has 1 fully saturated rings. The van der Waals surface area contributed by atoms with E-state index in [1.54, 1.807) is 4.68 Å². The van der Waals surface area contributed by atoms with Gasteiger partial charge in [0.1, 0.15) is 12.1 Å². The van der Waals surface area contributed by atoms with Crippen LogP contribution in [0.1, 0.15) is 24.2 Å². The van der Waals surface area contributed by atoms with E-state index in [4.69, 9.17) is 5.11 Å². The highest BCUT2D eigenvalue weighted by atomic mass is 16.4. The van der Waals surface area contributed by atoms with Gasteiger partial charge in [0.15, 0.2) is 0 Å². The third-order valence-electron chi connectivity index (χ3n) is 2.93. The molecule has 1 aliphatic carbocycles. The van der Waals surface area contributed by atoms with E-state index in [9.17, 15) is 9.59 Å². The van der Waals surface area contributed by atoms with Gasteiger partial charge in [0.2, 0.25) is 5.91 Å². The van der Waals surface area contributed by atoms with Crippen LogP contribution in [0.15, 0.2) is 6.07 Å². The van der Waals surface area contributed by atoms with Crippen LogP contribution in [0.5, 0.6) is 0 Å². The minimum atomic E-state index is -1.02. The summed E-state index contributed by atoms with van der Waals surface area (Å²) in [5.74, 6) is -1.27. The summed E-state index contributed by atoms with van der Waals surface area (Å²) in [6, 6.07) is 1.87. The van der Waals surface area contributed by atoms with Crippen molar-refractivity contribution in [2.45, 2.75) is 38.8 Å². The molecule has 0 aliphatic heterocycles. The normalized spacial score (nSPS) is 16.6. The van der Waals surface area contributed by atoms with E-state index < -0.39 is 11.5 Å². The first kappa shape index (κ1) is 11.6. The molecule has 2 rings (SSSR count). The first-order chi connectivity index (χ1) is 7.93. The maximum absolute atomic E-state index is 11.7. The quantitative estimate of drug-likeness (QED) is 0.785. The number of aliphatic carboxylic acids is 1. The lowest BCUT2D eigenvalue weighted by atomic mass is 10.3. The molecule has 0 atom stereocenters. The SMILES string of the molecule is Cc1cc(C)n(CC(=O)NC2(C(=O)O)CC2)n1. The minimum Gasteiger partial charge on any atom is -0.480 e. The fourth-order valence-electron chi connectivity index (χ4n) is 1.79. The molecule has 1 saturated carbocycles. The summed E-state index contributed by atoms with van der Waals surface area (Å²) in [5, 5.41) is 15.6. The minimum absolute atomic E-state index is 0.0642. The van der Waals surface area contributed by atoms with Gasteiger partial charge in [-0.1, -0.05) is 0 Å². The fraction of sp³-hybridized carbons (Fsp3) is 0.545. The maximum atomic E-state index is 11.7. The number of hydrogen-bond acceptors (Lipinski definition) is 3. The van der Waals surface area contributed by atoms with E-state index in [1.165, 1.54) is 0 Å². The highest BCUT2D eigenvalue weighted by Gasteiger charge is 2.51. The first-order valence-corrected chi connectivity index (χ1v) is 5.48. The Balaban J connectivity index is 1.99. The molecule has 1 aromatic heterocycles. The molecule has 0 spiro atoms. The molecule has 6 heteroatoms. The molecule has 17 heavy (non-hydrogen) atoms. The van der Waals surface area contributed by atoms with Crippen LogP contribution in [-0.4, -0.2) is 32.3 Å². The zero-order chi connectivity index (χ0) is 12.6. The highest BCUT2D eigenvalue weighted by molar-refractivity contribution is 5.89. The predicted octanol–water partition coefficient (Wildman–Crippen LogP) is 0.233. The van der Waals surface area contributed by atoms with Gasteiger partial charge in [0.25, 0.3) is 0 Å². The third kappa shape index (κ3) is 2.30. The Morgan fingerprint density at radius 1 is 1.53 bits per heavy atom. The van der Waals surface area contributed by atoms with Crippen molar-refractivity contribution in [3.05, 3.63) is 17.5 Å². The lowest BCUT2D eigenvalue weighted by Gasteiger charge is -2.12. The Morgan fingerprint density at radius 3 is 2.59 bits per heavy atom. The zero-order valence-corrected chi connectivity index (χ0v) is 9.86. The lowest BCUT2D eigenvalue weighted by Crippen LogP contribution is -2.44. The van der Waals surface area contributed by atoms with Crippen LogP contribution in [-0.2, 0) is 16.1 Å². The molecule has 6 nitrogen and oxygen atoms in total. The van der Waals surface area contributed by atoms with Gasteiger partial charge in [-0.25, -0.2) is 4.79 Å². The number of carbonyl (C=O) groups excluding carboxylic acids is 1. The van der Waals surface area contributed by atoms with Crippen LogP contribution < -0.4 is 5.32 Å². The van der Waals surface area contributed by atoms with Gasteiger partial charge in [-0.2, -0.15) is 5.10 Å². The molecule has 0 radical (unpaired) electrons. The predicted molar refractivity (Wildman–Crippen MR) is 59.4 cm³/mol. The molecule has 2 N–H and O–H groups in total. The zero-order valence-electron chi connectivity index (χ0n) is 9.86. The van der Waals surface area contributed by atoms with Gasteiger partial charge >= 0.3 is 5.97 Å². The van der Waals surface area contributed by atoms with E-state index in [2.05, 4.69) is 10.4 Å². The van der Waals surface area contributed by atoms with Crippen molar-refractivity contribution in [3.63, 3.8) is 0 Å². The Labute approximate surface area is 98.6 Å². The number of aromatic nitrogens is 2. The summed E-state index contributed by atoms with van der Waals surface area (Å²) in [6.45, 7) is 3.77. The lowest BCUT2D eigenvalue weighted by molar-refractivity contribution is -0.143. The molecule has 1 aliphatic rings. The van der Waals surface area contributed by atoms with E-state index in [-0.39, 0.29) is 12.5 Å². The number of nitrogens with one attached hydrogen (secondary N) is 1. The van der Waals surface area contributed by atoms with Gasteiger partial charge in [-0.15, -0.1) is 0 Å². The number of aryl methyl sites for hydroxylation is 2. The fourth-order valence-corrected chi connectivity index (χ4v) is 1.79. The van der Waals surface area contributed by atoms with E-state index in [0.29, 0.717) is 12.8 Å². The Morgan fingerprint density at radius 2 is 2.18 bits per heavy atom. The van der Waals surface area contributed by atoms with Gasteiger partial charge in [-0.05, 0) is 32.8 Å². The van der Waals surface area contributed by atoms with Crippen molar-refractivity contribution < 1.29 is 14.7 Å². The number of carboxylic acids is 1. The summed E-state index contributed by atoms with van der Waals surface area (Å²) in [7, 11) is 0. The summed E-state index contributed by atoms with van der Waals surface area (Å²) in [4.78, 5) is 22.6. The van der Waals surface area contributed by atoms with E-state index >= 15 is 0 Å². The number of rotatable bonds is 4. The molecule has 92 valence electrons. The van der Waals surface area contributed by atoms with Crippen molar-refractivity contribution in [2.75, 3.05) is 0 Å². The average molecular weight is 237 g/mol. The number of amides is 1. The molecular formula is C11H15N3O3. The van der Waals surface area contributed by atoms with Gasteiger partial charge < -0.3 is 10.4 Å². The van der Waals surface area contributed by atoms with Gasteiger partial charge in [0.05, 0.1) is 5.69 Å². The summed E-state index contributed by atoms with van der Waals surface area (Å²) in [6.07, 6.45) is 1.01. The number of carboxylic acid groups (broad SMARTS) is 1. The van der Waals surface area contributed by atoms with E-state index in [1.807, 2.05) is 19.9 Å². The molecule has 0 aromatic carbocycles. The van der Waals surface area contributed by atoms with Crippen molar-refractivity contribution in [1.82, 2.24) is 15.1 Å². The second kappa shape index (κ2) is 3.87. The van der Waals surface area contributed by atoms with Crippen LogP contribution in [0.2, 0.25) is 0 Å². The molecule has 0 unspecified atom stereocenters. The van der Waals surface area contributed by atoms with Gasteiger partial charge in [-0.3, -0.25) is 9.48 Å². The second-order valence-corrected chi connectivity index (χ2v) is 4.52. The van der Waals surface area contributed by atoms with Crippen LogP contribution in [0.25, 0.3) is 0 Å². The van der Waals surface area contributed by atoms with E-state index in [0.717, 1.165) is 11.4 Å². The largest absolute Gasteiger partial charge is 0.480 e. The summed E-state index contributed by atoms with van der Waals surface area (Å²) < 4.78 is 1.57. The van der Waals surface area contributed by atoms with Crippen LogP contribution in [0, 0.1) is 13.8 Å². The molecule has 1 amide bonds. The Bertz CT molecular complexity index is 474. The van der Waals surface area contributed by atoms with Crippen molar-refractivity contribution in [2.24, 2.45) is 0 Å². The smallest absolute Gasteiger partial charge is 0.329 e. The third-order valence-corrected chi connectivity index (χ3v) is 2.93. The number of nitrogens with zero attached hydrogens (tertiary/aromatic N) is 2. The Kier molecular flexibility index (Phi) is 2.65. The average Bonchev–Trinajstić information content (AvgIpc) is 2.90. The second-order valence-electron chi connectivity index (χ2n) is 4.52. The van der Waals surface area contributed by atoms with Crippen molar-refractivity contribution in [3.8, 4) is 0 Å². The maximum Gasteiger partial charge on any atom is 0.329 e. The number of carbonyl (C=O) groups is 2. The van der Waals surface area contributed by atoms with Crippen molar-refractivity contribution in [1.29, 1.82) is 0 Å². The topological polar surface area (TPSA) is 84.2 Å². The van der Waals surface area contributed by atoms with Crippen molar-refractivity contribution >= 4 is 11.9 Å². The Hall–Kier alpha value is -1.85. The number of hydrogen-bond donors (Lipinski definition) is 2. The molecule has 0 saturated heterocycles. The molecule has 1 aromatic rings. The van der Waals surface area contributed by atoms with Crippen LogP contribution in [0.4, 0.5) is 0 Å². The van der Waals surface area contributed by atoms with Crippen LogP contribution >= 0.6 is 0 Å². The van der Waals surface area contributed by atoms with Gasteiger partial charge in [0, 0.05) is 5.69 Å². The summed E-state index contributed by atoms with van der Waals surface area (Å²) in [5.41, 5.74) is 0.709. The molecule has 1 heterocycles. The highest BCUT2D eigenvalue weighted by Crippen LogP contribution is 2.35. The molecular weight excluding hydrogens is 222 g/mol. The monoisotopic (exact) mass is 237 g/mol. The standard InChI is InChI=1S/C11H15N3O3/c1-7-5-8(2)14(13-7)6-9(15)12-11(3-4-11)10(16)17/h5H,3-4,6H2,1-2H3,(H,12,15)(H,16,17). The molecule has 0 bridgehead atoms. The van der Waals surface area contributed by atoms with Crippen LogP contribution in [0.3, 0.4) is 0 Å².